The Morgan fingerprint density at radius 2 is 0.966 bits per heavy atom. The highest BCUT2D eigenvalue weighted by Crippen LogP contribution is 2.09. The number of carboxylic acid groups (broad SMARTS) is 1. The van der Waals surface area contributed by atoms with Crippen molar-refractivity contribution >= 4 is 11.9 Å². The lowest BCUT2D eigenvalue weighted by Crippen LogP contribution is -2.23. The first-order chi connectivity index (χ1) is 13.8. The first-order valence-electron chi connectivity index (χ1n) is 10.6. The van der Waals surface area contributed by atoms with Crippen molar-refractivity contribution in [3.63, 3.8) is 0 Å². The fourth-order valence-corrected chi connectivity index (χ4v) is 2.23. The Hall–Kier alpha value is -1.22. The van der Waals surface area contributed by atoms with Gasteiger partial charge in [-0.3, -0.25) is 9.59 Å². The zero-order valence-corrected chi connectivity index (χ0v) is 18.4. The lowest BCUT2D eigenvalue weighted by molar-refractivity contribution is -0.155. The quantitative estimate of drug-likeness (QED) is 0.237. The number of rotatable bonds is 20. The van der Waals surface area contributed by atoms with E-state index in [-0.39, 0.29) is 12.4 Å². The third kappa shape index (κ3) is 24.7. The Balaban J connectivity index is 3.14. The average Bonchev–Trinajstić information content (AvgIpc) is 2.62. The van der Waals surface area contributed by atoms with E-state index in [9.17, 15) is 9.59 Å². The topological polar surface area (TPSA) is 101 Å². The number of esters is 1. The maximum Gasteiger partial charge on any atom is 0.306 e. The molecule has 0 aliphatic rings. The second kappa shape index (κ2) is 18.8. The summed E-state index contributed by atoms with van der Waals surface area (Å²) in [6.07, 6.45) is 4.22. The van der Waals surface area contributed by atoms with E-state index in [4.69, 9.17) is 28.8 Å². The van der Waals surface area contributed by atoms with Crippen LogP contribution in [0.4, 0.5) is 0 Å². The molecule has 8 heteroatoms. The van der Waals surface area contributed by atoms with Gasteiger partial charge in [0.15, 0.2) is 0 Å². The molecule has 29 heavy (non-hydrogen) atoms. The van der Waals surface area contributed by atoms with Crippen molar-refractivity contribution in [1.29, 1.82) is 0 Å². The first-order valence-corrected chi connectivity index (χ1v) is 10.6. The molecule has 0 aromatic rings. The van der Waals surface area contributed by atoms with Crippen molar-refractivity contribution in [3.05, 3.63) is 0 Å². The summed E-state index contributed by atoms with van der Waals surface area (Å²) in [7, 11) is 0. The maximum absolute atomic E-state index is 11.5. The van der Waals surface area contributed by atoms with Crippen LogP contribution in [-0.2, 0) is 33.3 Å². The molecule has 8 nitrogen and oxygen atoms in total. The molecule has 0 aliphatic heterocycles. The van der Waals surface area contributed by atoms with E-state index in [2.05, 4.69) is 0 Å². The van der Waals surface area contributed by atoms with Crippen LogP contribution < -0.4 is 0 Å². The molecule has 0 amide bonds. The Morgan fingerprint density at radius 3 is 1.31 bits per heavy atom. The summed E-state index contributed by atoms with van der Waals surface area (Å²) in [6, 6.07) is 0. The van der Waals surface area contributed by atoms with Crippen LogP contribution in [-0.4, -0.2) is 75.5 Å². The summed E-state index contributed by atoms with van der Waals surface area (Å²) in [5.74, 6) is -0.975. The second-order valence-corrected chi connectivity index (χ2v) is 7.70. The largest absolute Gasteiger partial charge is 0.481 e. The first kappa shape index (κ1) is 27.8. The van der Waals surface area contributed by atoms with Gasteiger partial charge in [-0.1, -0.05) is 0 Å². The summed E-state index contributed by atoms with van der Waals surface area (Å²) < 4.78 is 27.0. The molecule has 0 radical (unpaired) electrons. The number of aliphatic carboxylic acids is 1. The van der Waals surface area contributed by atoms with Gasteiger partial charge in [0.25, 0.3) is 0 Å². The highest BCUT2D eigenvalue weighted by Gasteiger charge is 2.15. The molecule has 0 aliphatic carbocycles. The molecule has 1 N–H and O–H groups in total. The maximum atomic E-state index is 11.5. The minimum atomic E-state index is -0.790. The van der Waals surface area contributed by atoms with Gasteiger partial charge < -0.3 is 28.8 Å². The highest BCUT2D eigenvalue weighted by molar-refractivity contribution is 5.69. The molecule has 0 saturated carbocycles. The van der Waals surface area contributed by atoms with Gasteiger partial charge in [-0.15, -0.1) is 0 Å². The van der Waals surface area contributed by atoms with Gasteiger partial charge in [-0.25, -0.2) is 0 Å². The van der Waals surface area contributed by atoms with E-state index in [1.807, 2.05) is 20.8 Å². The molecule has 0 bridgehead atoms. The Bertz CT molecular complexity index is 406. The van der Waals surface area contributed by atoms with Crippen LogP contribution >= 0.6 is 0 Å². The van der Waals surface area contributed by atoms with E-state index in [0.717, 1.165) is 19.3 Å². The smallest absolute Gasteiger partial charge is 0.306 e. The molecule has 0 aromatic carbocycles. The molecule has 0 aromatic heterocycles. The van der Waals surface area contributed by atoms with E-state index in [0.29, 0.717) is 72.1 Å². The van der Waals surface area contributed by atoms with Crippen molar-refractivity contribution in [3.8, 4) is 0 Å². The third-order valence-corrected chi connectivity index (χ3v) is 3.50. The van der Waals surface area contributed by atoms with Crippen molar-refractivity contribution in [2.75, 3.05) is 52.9 Å². The monoisotopic (exact) mass is 420 g/mol. The molecule has 0 rings (SSSR count). The third-order valence-electron chi connectivity index (χ3n) is 3.50. The molecule has 0 fully saturated rings. The number of hydrogen-bond donors (Lipinski definition) is 1. The average molecular weight is 421 g/mol. The van der Waals surface area contributed by atoms with Gasteiger partial charge in [0.1, 0.15) is 5.60 Å². The zero-order chi connectivity index (χ0) is 21.8. The number of carbonyl (C=O) groups is 2. The van der Waals surface area contributed by atoms with Gasteiger partial charge >= 0.3 is 11.9 Å². The molecular weight excluding hydrogens is 380 g/mol. The second-order valence-electron chi connectivity index (χ2n) is 7.70. The predicted octanol–water partition coefficient (Wildman–Crippen LogP) is 3.21. The molecule has 0 saturated heterocycles. The van der Waals surface area contributed by atoms with E-state index in [1.54, 1.807) is 0 Å². The lowest BCUT2D eigenvalue weighted by Gasteiger charge is -2.19. The van der Waals surface area contributed by atoms with Gasteiger partial charge in [-0.05, 0) is 52.9 Å². The predicted molar refractivity (Wildman–Crippen MR) is 109 cm³/mol. The lowest BCUT2D eigenvalue weighted by atomic mass is 10.2. The number of hydrogen-bond acceptors (Lipinski definition) is 7. The van der Waals surface area contributed by atoms with Crippen molar-refractivity contribution in [2.45, 2.75) is 71.3 Å². The standard InChI is InChI=1S/C21H40O8/c1-21(2,3)29-20(24)10-5-12-26-14-7-16-28-18-8-17-27-15-6-13-25-11-4-9-19(22)23/h4-18H2,1-3H3,(H,22,23). The molecule has 172 valence electrons. The minimum Gasteiger partial charge on any atom is -0.481 e. The van der Waals surface area contributed by atoms with Gasteiger partial charge in [0.2, 0.25) is 0 Å². The Kier molecular flexibility index (Phi) is 18.0. The van der Waals surface area contributed by atoms with Crippen LogP contribution in [0.2, 0.25) is 0 Å². The van der Waals surface area contributed by atoms with E-state index in [1.165, 1.54) is 0 Å². The SMILES string of the molecule is CC(C)(C)OC(=O)CCCOCCCOCCCOCCCOCCCC(=O)O. The summed E-state index contributed by atoms with van der Waals surface area (Å²) in [6.45, 7) is 10.4. The molecule has 0 spiro atoms. The normalized spacial score (nSPS) is 11.6. The summed E-state index contributed by atoms with van der Waals surface area (Å²) >= 11 is 0. The summed E-state index contributed by atoms with van der Waals surface area (Å²) in [5.41, 5.74) is -0.431. The molecule has 0 heterocycles. The molecular formula is C21H40O8. The van der Waals surface area contributed by atoms with Crippen LogP contribution in [0.1, 0.15) is 65.7 Å². The minimum absolute atomic E-state index is 0.150. The van der Waals surface area contributed by atoms with Crippen LogP contribution in [0.3, 0.4) is 0 Å². The van der Waals surface area contributed by atoms with Crippen LogP contribution in [0, 0.1) is 0 Å². The van der Waals surface area contributed by atoms with Gasteiger partial charge in [0.05, 0.1) is 0 Å². The Labute approximate surface area is 175 Å². The fraction of sp³-hybridized carbons (Fsp3) is 0.905. The molecule has 0 unspecified atom stereocenters. The zero-order valence-electron chi connectivity index (χ0n) is 18.4. The van der Waals surface area contributed by atoms with Crippen molar-refractivity contribution in [1.82, 2.24) is 0 Å². The van der Waals surface area contributed by atoms with Gasteiger partial charge in [0, 0.05) is 65.7 Å². The summed E-state index contributed by atoms with van der Waals surface area (Å²) in [4.78, 5) is 21.8. The van der Waals surface area contributed by atoms with Crippen LogP contribution in [0.5, 0.6) is 0 Å². The number of carboxylic acids is 1. The Morgan fingerprint density at radius 1 is 0.621 bits per heavy atom. The van der Waals surface area contributed by atoms with Gasteiger partial charge in [-0.2, -0.15) is 0 Å². The van der Waals surface area contributed by atoms with Crippen molar-refractivity contribution < 1.29 is 38.4 Å². The number of ether oxygens (including phenoxy) is 5. The van der Waals surface area contributed by atoms with E-state index < -0.39 is 11.6 Å². The highest BCUT2D eigenvalue weighted by atomic mass is 16.6. The van der Waals surface area contributed by atoms with Crippen molar-refractivity contribution in [2.24, 2.45) is 0 Å². The van der Waals surface area contributed by atoms with Crippen LogP contribution in [0.15, 0.2) is 0 Å². The number of carbonyl (C=O) groups excluding carboxylic acids is 1. The molecule has 0 atom stereocenters. The van der Waals surface area contributed by atoms with E-state index >= 15 is 0 Å². The van der Waals surface area contributed by atoms with Crippen LogP contribution in [0.25, 0.3) is 0 Å². The summed E-state index contributed by atoms with van der Waals surface area (Å²) in [5, 5.41) is 8.49. The fourth-order valence-electron chi connectivity index (χ4n) is 2.23.